The van der Waals surface area contributed by atoms with E-state index in [0.29, 0.717) is 0 Å². The van der Waals surface area contributed by atoms with Crippen molar-refractivity contribution in [3.05, 3.63) is 77.4 Å². The number of halogens is 1. The largest absolute Gasteiger partial charge is 1.00 e. The van der Waals surface area contributed by atoms with E-state index < -0.39 is 0 Å². The lowest BCUT2D eigenvalue weighted by atomic mass is 10.00. The van der Waals surface area contributed by atoms with Crippen LogP contribution < -0.4 is 21.7 Å². The second-order valence-corrected chi connectivity index (χ2v) is 7.00. The summed E-state index contributed by atoms with van der Waals surface area (Å²) < 4.78 is 10.3. The number of rotatable bonds is 5. The summed E-state index contributed by atoms with van der Waals surface area (Å²) in [6, 6.07) is 12.7. The second-order valence-electron chi connectivity index (χ2n) is 7.00. The summed E-state index contributed by atoms with van der Waals surface area (Å²) in [5, 5.41) is 0. The van der Waals surface area contributed by atoms with Crippen LogP contribution in [0.1, 0.15) is 36.1 Å². The van der Waals surface area contributed by atoms with Gasteiger partial charge in [0.25, 0.3) is 0 Å². The molecule has 0 radical (unpaired) electrons. The summed E-state index contributed by atoms with van der Waals surface area (Å²) in [6.07, 6.45) is 6.48. The number of para-hydroxylation sites is 2. The van der Waals surface area contributed by atoms with Gasteiger partial charge in [-0.3, -0.25) is 0 Å². The van der Waals surface area contributed by atoms with Gasteiger partial charge < -0.3 is 17.1 Å². The molecule has 0 aliphatic rings. The Kier molecular flexibility index (Phi) is 6.49. The van der Waals surface area contributed by atoms with E-state index in [-0.39, 0.29) is 18.5 Å². The molecule has 138 valence electrons. The monoisotopic (exact) mass is 370 g/mol. The molecule has 0 bridgehead atoms. The number of imidazole rings is 1. The molecular formula is C22H27ClN2O. The first-order valence-electron chi connectivity index (χ1n) is 8.84. The van der Waals surface area contributed by atoms with E-state index >= 15 is 0 Å². The van der Waals surface area contributed by atoms with E-state index in [2.05, 4.69) is 80.7 Å². The third-order valence-corrected chi connectivity index (χ3v) is 4.38. The van der Waals surface area contributed by atoms with Crippen LogP contribution in [0.3, 0.4) is 0 Å². The summed E-state index contributed by atoms with van der Waals surface area (Å²) in [7, 11) is 0. The lowest BCUT2D eigenvalue weighted by molar-refractivity contribution is -0.687. The van der Waals surface area contributed by atoms with Gasteiger partial charge in [0.05, 0.1) is 6.10 Å². The Morgan fingerprint density at radius 1 is 1.04 bits per heavy atom. The molecule has 4 heteroatoms. The van der Waals surface area contributed by atoms with Gasteiger partial charge in [0.1, 0.15) is 18.9 Å². The molecule has 0 aliphatic heterocycles. The Morgan fingerprint density at radius 2 is 1.69 bits per heavy atom. The van der Waals surface area contributed by atoms with Crippen LogP contribution in [-0.2, 0) is 6.54 Å². The summed E-state index contributed by atoms with van der Waals surface area (Å²) in [5.74, 6) is 0.906. The van der Waals surface area contributed by atoms with Crippen LogP contribution in [0.2, 0.25) is 0 Å². The summed E-state index contributed by atoms with van der Waals surface area (Å²) >= 11 is 0. The minimum atomic E-state index is 0. The first-order chi connectivity index (χ1) is 11.9. The fourth-order valence-electron chi connectivity index (χ4n) is 3.30. The predicted octanol–water partition coefficient (Wildman–Crippen LogP) is 1.53. The molecule has 0 unspecified atom stereocenters. The van der Waals surface area contributed by atoms with Crippen LogP contribution in [0, 0.1) is 20.8 Å². The van der Waals surface area contributed by atoms with Gasteiger partial charge in [-0.15, -0.1) is 0 Å². The molecule has 0 amide bonds. The Hall–Kier alpha value is -2.26. The van der Waals surface area contributed by atoms with Crippen molar-refractivity contribution in [2.24, 2.45) is 0 Å². The van der Waals surface area contributed by atoms with Gasteiger partial charge in [-0.05, 0) is 63.4 Å². The van der Waals surface area contributed by atoms with Crippen LogP contribution in [-0.4, -0.2) is 10.7 Å². The van der Waals surface area contributed by atoms with E-state index in [1.165, 1.54) is 22.3 Å². The van der Waals surface area contributed by atoms with Crippen molar-refractivity contribution < 1.29 is 21.7 Å². The molecule has 0 saturated carbocycles. The first kappa shape index (κ1) is 20.1. The second kappa shape index (κ2) is 8.41. The molecule has 1 heterocycles. The van der Waals surface area contributed by atoms with Crippen LogP contribution in [0.5, 0.6) is 5.75 Å². The fourth-order valence-corrected chi connectivity index (χ4v) is 3.30. The van der Waals surface area contributed by atoms with Crippen LogP contribution in [0.25, 0.3) is 5.69 Å². The number of hydrogen-bond donors (Lipinski definition) is 0. The maximum absolute atomic E-state index is 5.95. The molecule has 3 aromatic rings. The van der Waals surface area contributed by atoms with Crippen molar-refractivity contribution in [2.45, 2.75) is 47.3 Å². The quantitative estimate of drug-likeness (QED) is 0.623. The zero-order valence-electron chi connectivity index (χ0n) is 16.2. The van der Waals surface area contributed by atoms with Crippen LogP contribution in [0.4, 0.5) is 0 Å². The molecule has 0 atom stereocenters. The number of aromatic nitrogens is 2. The van der Waals surface area contributed by atoms with Gasteiger partial charge in [0.2, 0.25) is 6.33 Å². The van der Waals surface area contributed by atoms with E-state index in [9.17, 15) is 0 Å². The lowest BCUT2D eigenvalue weighted by Gasteiger charge is -2.11. The van der Waals surface area contributed by atoms with Gasteiger partial charge >= 0.3 is 0 Å². The Morgan fingerprint density at radius 3 is 2.35 bits per heavy atom. The van der Waals surface area contributed by atoms with E-state index in [0.717, 1.165) is 18.0 Å². The molecule has 3 nitrogen and oxygen atoms in total. The van der Waals surface area contributed by atoms with Crippen molar-refractivity contribution in [2.75, 3.05) is 0 Å². The van der Waals surface area contributed by atoms with Gasteiger partial charge in [0.15, 0.2) is 11.4 Å². The molecule has 0 spiro atoms. The molecule has 1 aromatic heterocycles. The summed E-state index contributed by atoms with van der Waals surface area (Å²) in [6.45, 7) is 11.5. The standard InChI is InChI=1S/C22H27N2O.ClH/c1-16(2)25-22-9-7-6-8-21(22)24-11-10-23(15-24)14-20-18(4)12-17(3)13-19(20)5;/h6-13,15-16H,14H2,1-5H3;1H/q+1;/p-1. The van der Waals surface area contributed by atoms with Crippen molar-refractivity contribution in [3.63, 3.8) is 0 Å². The lowest BCUT2D eigenvalue weighted by Crippen LogP contribution is -3.00. The van der Waals surface area contributed by atoms with Crippen molar-refractivity contribution in [3.8, 4) is 11.4 Å². The van der Waals surface area contributed by atoms with E-state index in [1.54, 1.807) is 0 Å². The summed E-state index contributed by atoms with van der Waals surface area (Å²) in [4.78, 5) is 0. The van der Waals surface area contributed by atoms with Gasteiger partial charge in [-0.25, -0.2) is 4.57 Å². The Bertz CT molecular complexity index is 860. The minimum absolute atomic E-state index is 0. The average molecular weight is 371 g/mol. The molecule has 2 aromatic carbocycles. The normalized spacial score (nSPS) is 10.7. The highest BCUT2D eigenvalue weighted by Crippen LogP contribution is 2.23. The topological polar surface area (TPSA) is 18.0 Å². The number of ether oxygens (including phenoxy) is 1. The van der Waals surface area contributed by atoms with Crippen LogP contribution >= 0.6 is 0 Å². The van der Waals surface area contributed by atoms with Gasteiger partial charge in [-0.2, -0.15) is 4.57 Å². The zero-order chi connectivity index (χ0) is 18.0. The Balaban J connectivity index is 0.00000243. The third-order valence-electron chi connectivity index (χ3n) is 4.38. The van der Waals surface area contributed by atoms with Gasteiger partial charge in [-0.1, -0.05) is 29.8 Å². The zero-order valence-corrected chi connectivity index (χ0v) is 16.9. The van der Waals surface area contributed by atoms with Crippen molar-refractivity contribution in [1.29, 1.82) is 0 Å². The highest BCUT2D eigenvalue weighted by molar-refractivity contribution is 5.46. The highest BCUT2D eigenvalue weighted by Gasteiger charge is 2.14. The SMILES string of the molecule is Cc1cc(C)c(C[n+]2ccn(-c3ccccc3OC(C)C)c2)c(C)c1.[Cl-]. The maximum Gasteiger partial charge on any atom is 0.249 e. The smallest absolute Gasteiger partial charge is 0.249 e. The molecule has 3 rings (SSSR count). The molecule has 0 saturated heterocycles. The first-order valence-corrected chi connectivity index (χ1v) is 8.84. The number of benzene rings is 2. The third kappa shape index (κ3) is 4.47. The average Bonchev–Trinajstić information content (AvgIpc) is 2.99. The molecule has 0 N–H and O–H groups in total. The molecule has 0 fully saturated rings. The highest BCUT2D eigenvalue weighted by atomic mass is 35.5. The number of aryl methyl sites for hydroxylation is 3. The van der Waals surface area contributed by atoms with Crippen molar-refractivity contribution in [1.82, 2.24) is 4.57 Å². The number of hydrogen-bond acceptors (Lipinski definition) is 1. The Labute approximate surface area is 162 Å². The minimum Gasteiger partial charge on any atom is -1.00 e. The molecule has 0 aliphatic carbocycles. The fraction of sp³-hybridized carbons (Fsp3) is 0.318. The van der Waals surface area contributed by atoms with E-state index in [1.807, 2.05) is 18.2 Å². The van der Waals surface area contributed by atoms with Gasteiger partial charge in [0, 0.05) is 0 Å². The predicted molar refractivity (Wildman–Crippen MR) is 101 cm³/mol. The van der Waals surface area contributed by atoms with Crippen molar-refractivity contribution >= 4 is 0 Å². The van der Waals surface area contributed by atoms with E-state index in [4.69, 9.17) is 4.74 Å². The summed E-state index contributed by atoms with van der Waals surface area (Å²) in [5.41, 5.74) is 6.47. The number of nitrogens with zero attached hydrogens (tertiary/aromatic N) is 2. The van der Waals surface area contributed by atoms with Crippen LogP contribution in [0.15, 0.2) is 55.1 Å². The molecular weight excluding hydrogens is 344 g/mol. The maximum atomic E-state index is 5.95. The molecule has 26 heavy (non-hydrogen) atoms.